The van der Waals surface area contributed by atoms with Crippen LogP contribution in [0, 0.1) is 28.4 Å². The van der Waals surface area contributed by atoms with Gasteiger partial charge >= 0.3 is 0 Å². The van der Waals surface area contributed by atoms with E-state index < -0.39 is 11.0 Å². The van der Waals surface area contributed by atoms with Crippen LogP contribution in [0.2, 0.25) is 0 Å². The number of aromatic amines is 1. The number of nitrogens with one attached hydrogen (secondary N) is 3. The first-order valence-corrected chi connectivity index (χ1v) is 6.23. The van der Waals surface area contributed by atoms with Crippen LogP contribution in [0.1, 0.15) is 17.3 Å². The van der Waals surface area contributed by atoms with Gasteiger partial charge < -0.3 is 0 Å². The largest absolute Gasteiger partial charge is 0.292 e. The molecule has 0 amide bonds. The molecule has 0 fully saturated rings. The predicted octanol–water partition coefficient (Wildman–Crippen LogP) is 1.17. The van der Waals surface area contributed by atoms with E-state index >= 15 is 0 Å². The van der Waals surface area contributed by atoms with Gasteiger partial charge in [0, 0.05) is 23.9 Å². The maximum Gasteiger partial charge on any atom is 0.269 e. The van der Waals surface area contributed by atoms with Crippen LogP contribution in [0.3, 0.4) is 0 Å². The topological polar surface area (TPSA) is 137 Å². The van der Waals surface area contributed by atoms with Crippen LogP contribution in [-0.2, 0) is 0 Å². The van der Waals surface area contributed by atoms with Crippen LogP contribution in [0.15, 0.2) is 35.1 Å². The van der Waals surface area contributed by atoms with Gasteiger partial charge in [0.2, 0.25) is 5.95 Å². The second-order valence-corrected chi connectivity index (χ2v) is 4.42. The van der Waals surface area contributed by atoms with E-state index in [1.54, 1.807) is 13.0 Å². The Kier molecular flexibility index (Phi) is 4.45. The normalized spacial score (nSPS) is 11.5. The molecule has 0 saturated carbocycles. The van der Waals surface area contributed by atoms with Crippen molar-refractivity contribution in [3.8, 4) is 6.07 Å². The van der Waals surface area contributed by atoms with E-state index in [2.05, 4.69) is 20.8 Å². The highest BCUT2D eigenvalue weighted by molar-refractivity contribution is 5.38. The van der Waals surface area contributed by atoms with Crippen molar-refractivity contribution in [3.63, 3.8) is 0 Å². The summed E-state index contributed by atoms with van der Waals surface area (Å²) in [5.41, 5.74) is 5.76. The van der Waals surface area contributed by atoms with E-state index in [1.807, 2.05) is 6.07 Å². The standard InChI is InChI=1S/C13H12N6O3/c1-8-5-12(20)16-13(15-8)18-17-11(7-14)9-3-2-4-10(6-9)19(21)22/h2-6,11,17H,1H3,(H2,15,16,18,20)/t11-/m1/s1. The smallest absolute Gasteiger partial charge is 0.269 e. The lowest BCUT2D eigenvalue weighted by Crippen LogP contribution is -2.28. The van der Waals surface area contributed by atoms with Crippen LogP contribution < -0.4 is 16.4 Å². The molecule has 0 radical (unpaired) electrons. The quantitative estimate of drug-likeness (QED) is 0.556. The van der Waals surface area contributed by atoms with E-state index in [4.69, 9.17) is 0 Å². The number of hydrogen-bond donors (Lipinski definition) is 3. The fourth-order valence-corrected chi connectivity index (χ4v) is 1.79. The van der Waals surface area contributed by atoms with Crippen LogP contribution >= 0.6 is 0 Å². The van der Waals surface area contributed by atoms with Crippen molar-refractivity contribution < 1.29 is 4.92 Å². The summed E-state index contributed by atoms with van der Waals surface area (Å²) in [4.78, 5) is 28.0. The Morgan fingerprint density at radius 1 is 1.45 bits per heavy atom. The fourth-order valence-electron chi connectivity index (χ4n) is 1.79. The van der Waals surface area contributed by atoms with E-state index in [0.29, 0.717) is 11.3 Å². The van der Waals surface area contributed by atoms with E-state index in [0.717, 1.165) is 0 Å². The Morgan fingerprint density at radius 2 is 2.23 bits per heavy atom. The minimum Gasteiger partial charge on any atom is -0.292 e. The number of non-ortho nitro benzene ring substituents is 1. The summed E-state index contributed by atoms with van der Waals surface area (Å²) in [6.07, 6.45) is 0. The molecule has 2 aromatic rings. The van der Waals surface area contributed by atoms with Crippen molar-refractivity contribution in [3.05, 3.63) is 62.1 Å². The Balaban J connectivity index is 2.16. The molecule has 2 rings (SSSR count). The number of nitrogens with zero attached hydrogens (tertiary/aromatic N) is 3. The summed E-state index contributed by atoms with van der Waals surface area (Å²) in [5.74, 6) is 0.149. The minimum atomic E-state index is -0.856. The molecule has 0 aliphatic rings. The van der Waals surface area contributed by atoms with Crippen LogP contribution in [-0.4, -0.2) is 14.9 Å². The zero-order chi connectivity index (χ0) is 16.1. The average Bonchev–Trinajstić information content (AvgIpc) is 2.47. The Labute approximate surface area is 124 Å². The number of rotatable bonds is 5. The first-order chi connectivity index (χ1) is 10.5. The highest BCUT2D eigenvalue weighted by Crippen LogP contribution is 2.18. The third-order valence-corrected chi connectivity index (χ3v) is 2.75. The third-order valence-electron chi connectivity index (χ3n) is 2.75. The molecule has 9 nitrogen and oxygen atoms in total. The molecule has 1 atom stereocenters. The number of H-pyrrole nitrogens is 1. The summed E-state index contributed by atoms with van der Waals surface area (Å²) < 4.78 is 0. The molecule has 3 N–H and O–H groups in total. The van der Waals surface area contributed by atoms with Crippen molar-refractivity contribution in [1.29, 1.82) is 5.26 Å². The van der Waals surface area contributed by atoms with E-state index in [1.165, 1.54) is 24.3 Å². The molecule has 1 aromatic carbocycles. The van der Waals surface area contributed by atoms with Crippen molar-refractivity contribution in [1.82, 2.24) is 15.4 Å². The molecule has 22 heavy (non-hydrogen) atoms. The molecule has 0 unspecified atom stereocenters. The molecule has 1 aromatic heterocycles. The zero-order valence-electron chi connectivity index (χ0n) is 11.5. The second kappa shape index (κ2) is 6.47. The highest BCUT2D eigenvalue weighted by atomic mass is 16.6. The van der Waals surface area contributed by atoms with Gasteiger partial charge in [-0.15, -0.1) is 0 Å². The molecule has 0 spiro atoms. The second-order valence-electron chi connectivity index (χ2n) is 4.42. The van der Waals surface area contributed by atoms with Gasteiger partial charge in [-0.25, -0.2) is 10.4 Å². The molecule has 9 heteroatoms. The maximum absolute atomic E-state index is 11.3. The van der Waals surface area contributed by atoms with E-state index in [-0.39, 0.29) is 17.2 Å². The number of aryl methyl sites for hydroxylation is 1. The Hall–Kier alpha value is -3.25. The summed E-state index contributed by atoms with van der Waals surface area (Å²) >= 11 is 0. The number of anilines is 1. The van der Waals surface area contributed by atoms with Crippen molar-refractivity contribution in [2.75, 3.05) is 5.43 Å². The third kappa shape index (κ3) is 3.65. The minimum absolute atomic E-state index is 0.110. The molecule has 0 aliphatic heterocycles. The molecule has 112 valence electrons. The molecular weight excluding hydrogens is 288 g/mol. The number of aromatic nitrogens is 2. The number of nitro groups is 1. The van der Waals surface area contributed by atoms with Gasteiger partial charge in [0.25, 0.3) is 11.2 Å². The Morgan fingerprint density at radius 3 is 2.86 bits per heavy atom. The van der Waals surface area contributed by atoms with Crippen molar-refractivity contribution in [2.24, 2.45) is 0 Å². The zero-order valence-corrected chi connectivity index (χ0v) is 11.5. The van der Waals surface area contributed by atoms with Gasteiger partial charge in [0.05, 0.1) is 11.0 Å². The van der Waals surface area contributed by atoms with Crippen LogP contribution in [0.5, 0.6) is 0 Å². The van der Waals surface area contributed by atoms with E-state index in [9.17, 15) is 20.2 Å². The number of nitriles is 1. The predicted molar refractivity (Wildman–Crippen MR) is 77.8 cm³/mol. The lowest BCUT2D eigenvalue weighted by molar-refractivity contribution is -0.384. The van der Waals surface area contributed by atoms with Gasteiger partial charge in [-0.1, -0.05) is 12.1 Å². The molecule has 0 bridgehead atoms. The van der Waals surface area contributed by atoms with Gasteiger partial charge in [-0.05, 0) is 12.5 Å². The Bertz CT molecular complexity index is 795. The monoisotopic (exact) mass is 300 g/mol. The first kappa shape index (κ1) is 15.1. The maximum atomic E-state index is 11.3. The first-order valence-electron chi connectivity index (χ1n) is 6.23. The van der Waals surface area contributed by atoms with Gasteiger partial charge in [0.15, 0.2) is 0 Å². The van der Waals surface area contributed by atoms with Gasteiger partial charge in [-0.3, -0.25) is 25.3 Å². The van der Waals surface area contributed by atoms with Crippen LogP contribution in [0.25, 0.3) is 0 Å². The number of hydrogen-bond acceptors (Lipinski definition) is 7. The van der Waals surface area contributed by atoms with Crippen molar-refractivity contribution in [2.45, 2.75) is 13.0 Å². The molecule has 0 aliphatic carbocycles. The summed E-state index contributed by atoms with van der Waals surface area (Å²) in [5, 5.41) is 19.9. The van der Waals surface area contributed by atoms with Gasteiger partial charge in [0.1, 0.15) is 6.04 Å². The fraction of sp³-hybridized carbons (Fsp3) is 0.154. The lowest BCUT2D eigenvalue weighted by atomic mass is 10.1. The molecule has 0 saturated heterocycles. The number of hydrazine groups is 1. The SMILES string of the molecule is Cc1cc(=O)[nH]c(NN[C@H](C#N)c2cccc([N+](=O)[O-])c2)n1. The highest BCUT2D eigenvalue weighted by Gasteiger charge is 2.14. The van der Waals surface area contributed by atoms with Crippen LogP contribution in [0.4, 0.5) is 11.6 Å². The number of nitro benzene ring substituents is 1. The lowest BCUT2D eigenvalue weighted by Gasteiger charge is -2.13. The molecule has 1 heterocycles. The number of benzene rings is 1. The van der Waals surface area contributed by atoms with Crippen molar-refractivity contribution >= 4 is 11.6 Å². The molecular formula is C13H12N6O3. The average molecular weight is 300 g/mol. The summed E-state index contributed by atoms with van der Waals surface area (Å²) in [6, 6.07) is 8.16. The summed E-state index contributed by atoms with van der Waals surface area (Å²) in [6.45, 7) is 1.66. The summed E-state index contributed by atoms with van der Waals surface area (Å²) in [7, 11) is 0. The van der Waals surface area contributed by atoms with Gasteiger partial charge in [-0.2, -0.15) is 5.26 Å².